The zero-order valence-corrected chi connectivity index (χ0v) is 13.3. The minimum atomic E-state index is -0.0933. The minimum absolute atomic E-state index is 0.0728. The number of rotatable bonds is 4. The number of hydrogen-bond acceptors (Lipinski definition) is 4. The van der Waals surface area contributed by atoms with Gasteiger partial charge in [0.05, 0.1) is 17.9 Å². The summed E-state index contributed by atoms with van der Waals surface area (Å²) in [4.78, 5) is 11.8. The Hall–Kier alpha value is -1.86. The van der Waals surface area contributed by atoms with Crippen molar-refractivity contribution in [3.05, 3.63) is 34.9 Å². The molecule has 118 valence electrons. The van der Waals surface area contributed by atoms with Gasteiger partial charge >= 0.3 is 0 Å². The first-order valence-electron chi connectivity index (χ1n) is 7.23. The quantitative estimate of drug-likeness (QED) is 0.877. The first-order valence-corrected chi connectivity index (χ1v) is 7.61. The Balaban J connectivity index is 1.74. The molecule has 0 unspecified atom stereocenters. The van der Waals surface area contributed by atoms with Gasteiger partial charge in [-0.1, -0.05) is 11.6 Å². The van der Waals surface area contributed by atoms with Gasteiger partial charge in [-0.25, -0.2) is 0 Å². The third-order valence-electron chi connectivity index (χ3n) is 4.07. The van der Waals surface area contributed by atoms with E-state index in [1.165, 1.54) is 0 Å². The van der Waals surface area contributed by atoms with Crippen LogP contribution in [-0.2, 0) is 25.4 Å². The van der Waals surface area contributed by atoms with Gasteiger partial charge in [-0.2, -0.15) is 10.2 Å². The molecule has 1 aliphatic rings. The Kier molecular flexibility index (Phi) is 4.17. The zero-order valence-electron chi connectivity index (χ0n) is 12.6. The van der Waals surface area contributed by atoms with E-state index in [0.29, 0.717) is 18.1 Å². The van der Waals surface area contributed by atoms with Crippen LogP contribution < -0.4 is 10.6 Å². The summed E-state index contributed by atoms with van der Waals surface area (Å²) in [5.74, 6) is 0.0728. The van der Waals surface area contributed by atoms with E-state index in [1.807, 2.05) is 20.2 Å². The maximum Gasteiger partial charge on any atom is 0.220 e. The van der Waals surface area contributed by atoms with Crippen LogP contribution in [0.4, 0.5) is 0 Å². The Morgan fingerprint density at radius 2 is 2.23 bits per heavy atom. The topological polar surface area (TPSA) is 76.8 Å². The van der Waals surface area contributed by atoms with E-state index in [2.05, 4.69) is 20.8 Å². The summed E-state index contributed by atoms with van der Waals surface area (Å²) in [6.07, 6.45) is 4.80. The monoisotopic (exact) mass is 322 g/mol. The largest absolute Gasteiger partial charge is 0.346 e. The summed E-state index contributed by atoms with van der Waals surface area (Å²) in [5.41, 5.74) is 1.94. The highest BCUT2D eigenvalue weighted by Gasteiger charge is 2.31. The molecule has 2 aromatic heterocycles. The highest BCUT2D eigenvalue weighted by molar-refractivity contribution is 6.30. The van der Waals surface area contributed by atoms with Crippen LogP contribution in [0.1, 0.15) is 30.1 Å². The Labute approximate surface area is 133 Å². The number of halogens is 1. The molecule has 0 aromatic carbocycles. The molecule has 0 aliphatic carbocycles. The lowest BCUT2D eigenvalue weighted by Crippen LogP contribution is -2.48. The van der Waals surface area contributed by atoms with Gasteiger partial charge < -0.3 is 10.6 Å². The van der Waals surface area contributed by atoms with Crippen LogP contribution >= 0.6 is 11.6 Å². The second-order valence-electron chi connectivity index (χ2n) is 5.54. The maximum atomic E-state index is 11.8. The van der Waals surface area contributed by atoms with E-state index in [0.717, 1.165) is 17.7 Å². The molecule has 1 aliphatic heterocycles. The minimum Gasteiger partial charge on any atom is -0.346 e. The molecule has 7 nitrogen and oxygen atoms in total. The summed E-state index contributed by atoms with van der Waals surface area (Å²) in [7, 11) is 3.69. The Morgan fingerprint density at radius 1 is 1.41 bits per heavy atom. The lowest BCUT2D eigenvalue weighted by molar-refractivity contribution is -0.124. The first kappa shape index (κ1) is 15.1. The van der Waals surface area contributed by atoms with Crippen LogP contribution in [0.25, 0.3) is 0 Å². The highest BCUT2D eigenvalue weighted by atomic mass is 35.5. The predicted octanol–water partition coefficient (Wildman–Crippen LogP) is 0.917. The molecule has 1 saturated heterocycles. The van der Waals surface area contributed by atoms with Crippen molar-refractivity contribution < 1.29 is 4.79 Å². The maximum absolute atomic E-state index is 11.8. The Bertz CT molecular complexity index is 679. The summed E-state index contributed by atoms with van der Waals surface area (Å²) < 4.78 is 3.43. The number of hydrogen-bond donors (Lipinski definition) is 2. The Morgan fingerprint density at radius 3 is 2.86 bits per heavy atom. The third kappa shape index (κ3) is 2.86. The van der Waals surface area contributed by atoms with Gasteiger partial charge in [-0.15, -0.1) is 0 Å². The van der Waals surface area contributed by atoms with E-state index in [4.69, 9.17) is 11.6 Å². The molecule has 3 rings (SSSR count). The van der Waals surface area contributed by atoms with E-state index >= 15 is 0 Å². The molecule has 0 bridgehead atoms. The molecular formula is C14H19ClN6O. The van der Waals surface area contributed by atoms with Crippen LogP contribution in [0.3, 0.4) is 0 Å². The molecular weight excluding hydrogens is 304 g/mol. The van der Waals surface area contributed by atoms with Crippen molar-refractivity contribution >= 4 is 17.5 Å². The molecule has 1 fully saturated rings. The number of aryl methyl sites for hydroxylation is 2. The third-order valence-corrected chi connectivity index (χ3v) is 4.56. The van der Waals surface area contributed by atoms with Gasteiger partial charge in [0.1, 0.15) is 5.15 Å². The van der Waals surface area contributed by atoms with Crippen molar-refractivity contribution in [2.45, 2.75) is 31.5 Å². The van der Waals surface area contributed by atoms with Crippen molar-refractivity contribution in [1.29, 1.82) is 0 Å². The number of piperidine rings is 1. The number of amides is 1. The molecule has 2 aromatic rings. The van der Waals surface area contributed by atoms with E-state index < -0.39 is 0 Å². The average molecular weight is 323 g/mol. The van der Waals surface area contributed by atoms with Gasteiger partial charge in [0.25, 0.3) is 0 Å². The molecule has 8 heteroatoms. The van der Waals surface area contributed by atoms with Crippen LogP contribution in [0.15, 0.2) is 18.5 Å². The van der Waals surface area contributed by atoms with E-state index in [-0.39, 0.29) is 18.0 Å². The predicted molar refractivity (Wildman–Crippen MR) is 82.2 cm³/mol. The fourth-order valence-electron chi connectivity index (χ4n) is 2.82. The fraction of sp³-hybridized carbons (Fsp3) is 0.500. The normalized spacial score (nSPS) is 21.9. The number of nitrogens with one attached hydrogen (secondary N) is 2. The fourth-order valence-corrected chi connectivity index (χ4v) is 2.98. The van der Waals surface area contributed by atoms with Gasteiger partial charge in [0.2, 0.25) is 5.91 Å². The zero-order chi connectivity index (χ0) is 15.7. The SMILES string of the molecule is Cn1nccc1[C@@H]1NC(=O)CC[C@H]1NCc1cnn(C)c1Cl. The van der Waals surface area contributed by atoms with Crippen molar-refractivity contribution in [2.75, 3.05) is 0 Å². The number of carbonyl (C=O) groups is 1. The number of carbonyl (C=O) groups excluding carboxylic acids is 1. The van der Waals surface area contributed by atoms with Crippen molar-refractivity contribution in [3.63, 3.8) is 0 Å². The highest BCUT2D eigenvalue weighted by Crippen LogP contribution is 2.24. The van der Waals surface area contributed by atoms with Gasteiger partial charge in [-0.3, -0.25) is 14.2 Å². The molecule has 0 spiro atoms. The van der Waals surface area contributed by atoms with Crippen LogP contribution in [-0.4, -0.2) is 31.5 Å². The summed E-state index contributed by atoms with van der Waals surface area (Å²) in [5, 5.41) is 15.5. The van der Waals surface area contributed by atoms with Crippen molar-refractivity contribution in [3.8, 4) is 0 Å². The second-order valence-corrected chi connectivity index (χ2v) is 5.89. The molecule has 0 radical (unpaired) electrons. The van der Waals surface area contributed by atoms with E-state index in [9.17, 15) is 4.79 Å². The van der Waals surface area contributed by atoms with Gasteiger partial charge in [0, 0.05) is 44.9 Å². The smallest absolute Gasteiger partial charge is 0.220 e. The molecule has 3 heterocycles. The second kappa shape index (κ2) is 6.10. The molecule has 1 amide bonds. The van der Waals surface area contributed by atoms with E-state index in [1.54, 1.807) is 21.8 Å². The summed E-state index contributed by atoms with van der Waals surface area (Å²) in [6.45, 7) is 0.613. The average Bonchev–Trinajstić information content (AvgIpc) is 3.05. The van der Waals surface area contributed by atoms with Crippen LogP contribution in [0.5, 0.6) is 0 Å². The van der Waals surface area contributed by atoms with Crippen molar-refractivity contribution in [2.24, 2.45) is 14.1 Å². The first-order chi connectivity index (χ1) is 10.6. The molecule has 2 atom stereocenters. The van der Waals surface area contributed by atoms with Crippen LogP contribution in [0.2, 0.25) is 5.15 Å². The number of aromatic nitrogens is 4. The van der Waals surface area contributed by atoms with Gasteiger partial charge in [0.15, 0.2) is 0 Å². The van der Waals surface area contributed by atoms with Gasteiger partial charge in [-0.05, 0) is 12.5 Å². The lowest BCUT2D eigenvalue weighted by atomic mass is 9.95. The van der Waals surface area contributed by atoms with Crippen molar-refractivity contribution in [1.82, 2.24) is 30.2 Å². The van der Waals surface area contributed by atoms with Crippen LogP contribution in [0, 0.1) is 0 Å². The molecule has 2 N–H and O–H groups in total. The lowest BCUT2D eigenvalue weighted by Gasteiger charge is -2.33. The molecule has 22 heavy (non-hydrogen) atoms. The summed E-state index contributed by atoms with van der Waals surface area (Å²) in [6, 6.07) is 1.97. The summed E-state index contributed by atoms with van der Waals surface area (Å²) >= 11 is 6.19. The number of nitrogens with zero attached hydrogens (tertiary/aromatic N) is 4. The standard InChI is InChI=1S/C14H19ClN6O/c1-20-11(5-6-17-20)13-10(3-4-12(22)19-13)16-7-9-8-18-21(2)14(9)15/h5-6,8,10,13,16H,3-4,7H2,1-2H3,(H,19,22)/t10-,13-/m1/s1. The molecule has 0 saturated carbocycles.